The van der Waals surface area contributed by atoms with Crippen LogP contribution < -0.4 is 4.74 Å². The van der Waals surface area contributed by atoms with Crippen molar-refractivity contribution in [2.75, 3.05) is 7.11 Å². The van der Waals surface area contributed by atoms with Crippen molar-refractivity contribution < 1.29 is 9.53 Å². The van der Waals surface area contributed by atoms with Crippen LogP contribution in [0, 0.1) is 0 Å². The SMILES string of the molecule is COc1ccccc1C1=NN(C(=O)c2ccccc2Cl)C(c2ccc3nccnc3c2)C1. The summed E-state index contributed by atoms with van der Waals surface area (Å²) in [4.78, 5) is 22.3. The Labute approximate surface area is 190 Å². The highest BCUT2D eigenvalue weighted by atomic mass is 35.5. The number of amides is 1. The molecule has 4 aromatic rings. The van der Waals surface area contributed by atoms with Gasteiger partial charge in [0.1, 0.15) is 5.75 Å². The molecule has 32 heavy (non-hydrogen) atoms. The second kappa shape index (κ2) is 8.40. The first-order valence-electron chi connectivity index (χ1n) is 10.2. The van der Waals surface area contributed by atoms with Crippen molar-refractivity contribution >= 4 is 34.3 Å². The highest BCUT2D eigenvalue weighted by Crippen LogP contribution is 2.37. The molecule has 0 aliphatic carbocycles. The lowest BCUT2D eigenvalue weighted by atomic mass is 9.97. The normalized spacial score (nSPS) is 15.6. The fourth-order valence-electron chi connectivity index (χ4n) is 3.95. The molecule has 0 radical (unpaired) electrons. The Hall–Kier alpha value is -3.77. The lowest BCUT2D eigenvalue weighted by molar-refractivity contribution is 0.0711. The van der Waals surface area contributed by atoms with Gasteiger partial charge in [-0.25, -0.2) is 5.01 Å². The molecule has 0 N–H and O–H groups in total. The molecule has 1 atom stereocenters. The van der Waals surface area contributed by atoms with Gasteiger partial charge in [-0.2, -0.15) is 5.10 Å². The smallest absolute Gasteiger partial charge is 0.276 e. The lowest BCUT2D eigenvalue weighted by Crippen LogP contribution is -2.27. The van der Waals surface area contributed by atoms with Gasteiger partial charge in [0, 0.05) is 24.4 Å². The molecule has 2 heterocycles. The monoisotopic (exact) mass is 442 g/mol. The van der Waals surface area contributed by atoms with Crippen LogP contribution in [0.15, 0.2) is 84.2 Å². The number of hydrogen-bond acceptors (Lipinski definition) is 5. The third-order valence-corrected chi connectivity index (χ3v) is 5.85. The third-order valence-electron chi connectivity index (χ3n) is 5.52. The number of methoxy groups -OCH3 is 1. The van der Waals surface area contributed by atoms with Crippen molar-refractivity contribution in [2.45, 2.75) is 12.5 Å². The van der Waals surface area contributed by atoms with Gasteiger partial charge in [0.15, 0.2) is 0 Å². The van der Waals surface area contributed by atoms with Crippen LogP contribution >= 0.6 is 11.6 Å². The van der Waals surface area contributed by atoms with E-state index in [-0.39, 0.29) is 11.9 Å². The van der Waals surface area contributed by atoms with Crippen LogP contribution in [-0.4, -0.2) is 33.7 Å². The van der Waals surface area contributed by atoms with Gasteiger partial charge >= 0.3 is 0 Å². The average Bonchev–Trinajstić information content (AvgIpc) is 3.29. The molecule has 0 fully saturated rings. The molecule has 1 aliphatic rings. The van der Waals surface area contributed by atoms with E-state index in [1.165, 1.54) is 5.01 Å². The van der Waals surface area contributed by atoms with Crippen molar-refractivity contribution in [3.63, 3.8) is 0 Å². The predicted octanol–water partition coefficient (Wildman–Crippen LogP) is 5.28. The van der Waals surface area contributed by atoms with Crippen molar-refractivity contribution in [3.05, 3.63) is 101 Å². The van der Waals surface area contributed by atoms with E-state index in [0.717, 1.165) is 27.9 Å². The number of nitrogens with zero attached hydrogens (tertiary/aromatic N) is 4. The molecule has 1 unspecified atom stereocenters. The van der Waals surface area contributed by atoms with Crippen LogP contribution in [0.3, 0.4) is 0 Å². The molecule has 3 aromatic carbocycles. The Bertz CT molecular complexity index is 1350. The number of carbonyl (C=O) groups is 1. The topological polar surface area (TPSA) is 67.7 Å². The summed E-state index contributed by atoms with van der Waals surface area (Å²) in [6, 6.07) is 20.2. The number of hydrazone groups is 1. The number of carbonyl (C=O) groups excluding carboxylic acids is 1. The second-order valence-electron chi connectivity index (χ2n) is 7.40. The second-order valence-corrected chi connectivity index (χ2v) is 7.81. The highest BCUT2D eigenvalue weighted by molar-refractivity contribution is 6.33. The van der Waals surface area contributed by atoms with Crippen molar-refractivity contribution in [2.24, 2.45) is 5.10 Å². The van der Waals surface area contributed by atoms with Gasteiger partial charge in [-0.05, 0) is 42.0 Å². The Balaban J connectivity index is 1.61. The van der Waals surface area contributed by atoms with Crippen LogP contribution in [0.25, 0.3) is 11.0 Å². The van der Waals surface area contributed by atoms with Gasteiger partial charge < -0.3 is 4.74 Å². The van der Waals surface area contributed by atoms with E-state index < -0.39 is 0 Å². The zero-order valence-electron chi connectivity index (χ0n) is 17.3. The summed E-state index contributed by atoms with van der Waals surface area (Å²) >= 11 is 6.34. The average molecular weight is 443 g/mol. The van der Waals surface area contributed by atoms with Crippen molar-refractivity contribution in [1.29, 1.82) is 0 Å². The maximum atomic E-state index is 13.5. The van der Waals surface area contributed by atoms with E-state index in [4.69, 9.17) is 21.4 Å². The Kier molecular flexibility index (Phi) is 5.29. The Morgan fingerprint density at radius 1 is 1.00 bits per heavy atom. The molecule has 6 nitrogen and oxygen atoms in total. The summed E-state index contributed by atoms with van der Waals surface area (Å²) in [5.41, 5.74) is 4.52. The minimum Gasteiger partial charge on any atom is -0.496 e. The number of rotatable bonds is 4. The molecule has 1 amide bonds. The summed E-state index contributed by atoms with van der Waals surface area (Å²) < 4.78 is 5.53. The van der Waals surface area contributed by atoms with Crippen LogP contribution in [0.5, 0.6) is 5.75 Å². The first-order chi connectivity index (χ1) is 15.7. The molecule has 5 rings (SSSR count). The van der Waals surface area contributed by atoms with Crippen LogP contribution in [-0.2, 0) is 0 Å². The molecular weight excluding hydrogens is 424 g/mol. The highest BCUT2D eigenvalue weighted by Gasteiger charge is 2.35. The third kappa shape index (κ3) is 3.59. The van der Waals surface area contributed by atoms with Gasteiger partial charge in [-0.1, -0.05) is 41.9 Å². The molecule has 0 spiro atoms. The summed E-state index contributed by atoms with van der Waals surface area (Å²) in [5, 5.41) is 6.65. The number of para-hydroxylation sites is 1. The summed E-state index contributed by atoms with van der Waals surface area (Å²) in [6.07, 6.45) is 3.85. The van der Waals surface area contributed by atoms with Gasteiger partial charge in [0.05, 0.1) is 40.5 Å². The zero-order chi connectivity index (χ0) is 22.1. The Morgan fingerprint density at radius 3 is 2.56 bits per heavy atom. The summed E-state index contributed by atoms with van der Waals surface area (Å²) in [5.74, 6) is 0.450. The first kappa shape index (κ1) is 20.2. The Morgan fingerprint density at radius 2 is 1.75 bits per heavy atom. The van der Waals surface area contributed by atoms with E-state index in [1.807, 2.05) is 42.5 Å². The summed E-state index contributed by atoms with van der Waals surface area (Å²) in [6.45, 7) is 0. The van der Waals surface area contributed by atoms with E-state index >= 15 is 0 Å². The standard InChI is InChI=1S/C25H19ClN4O2/c1-32-24-9-5-3-7-18(24)21-15-23(16-10-11-20-22(14-16)28-13-12-27-20)30(29-21)25(31)17-6-2-4-8-19(17)26/h2-14,23H,15H2,1H3. The van der Waals surface area contributed by atoms with Gasteiger partial charge in [0.2, 0.25) is 0 Å². The number of hydrogen-bond donors (Lipinski definition) is 0. The fourth-order valence-corrected chi connectivity index (χ4v) is 4.17. The number of fused-ring (bicyclic) bond motifs is 1. The van der Waals surface area contributed by atoms with E-state index in [0.29, 0.717) is 22.8 Å². The molecule has 0 saturated carbocycles. The molecule has 1 aliphatic heterocycles. The fraction of sp³-hybridized carbons (Fsp3) is 0.120. The number of benzene rings is 3. The predicted molar refractivity (Wildman–Crippen MR) is 124 cm³/mol. The first-order valence-corrected chi connectivity index (χ1v) is 10.5. The largest absolute Gasteiger partial charge is 0.496 e. The van der Waals surface area contributed by atoms with Gasteiger partial charge in [-0.15, -0.1) is 0 Å². The van der Waals surface area contributed by atoms with Crippen LogP contribution in [0.2, 0.25) is 5.02 Å². The van der Waals surface area contributed by atoms with E-state index in [2.05, 4.69) is 9.97 Å². The van der Waals surface area contributed by atoms with Gasteiger partial charge in [-0.3, -0.25) is 14.8 Å². The van der Waals surface area contributed by atoms with Crippen molar-refractivity contribution in [1.82, 2.24) is 15.0 Å². The molecule has 0 bridgehead atoms. The number of halogens is 1. The minimum atomic E-state index is -0.315. The van der Waals surface area contributed by atoms with Gasteiger partial charge in [0.25, 0.3) is 5.91 Å². The molecule has 7 heteroatoms. The van der Waals surface area contributed by atoms with Crippen LogP contribution in [0.1, 0.15) is 33.9 Å². The number of aromatic nitrogens is 2. The molecule has 1 aromatic heterocycles. The van der Waals surface area contributed by atoms with E-state index in [9.17, 15) is 4.79 Å². The quantitative estimate of drug-likeness (QED) is 0.431. The van der Waals surface area contributed by atoms with Crippen molar-refractivity contribution in [3.8, 4) is 5.75 Å². The maximum absolute atomic E-state index is 13.5. The lowest BCUT2D eigenvalue weighted by Gasteiger charge is -2.22. The maximum Gasteiger partial charge on any atom is 0.276 e. The van der Waals surface area contributed by atoms with Crippen LogP contribution in [0.4, 0.5) is 0 Å². The van der Waals surface area contributed by atoms with E-state index in [1.54, 1.807) is 43.8 Å². The summed E-state index contributed by atoms with van der Waals surface area (Å²) in [7, 11) is 1.63. The molecular formula is C25H19ClN4O2. The zero-order valence-corrected chi connectivity index (χ0v) is 18.0. The number of ether oxygens (including phenoxy) is 1. The molecule has 158 valence electrons. The minimum absolute atomic E-state index is 0.259. The molecule has 0 saturated heterocycles.